The highest BCUT2D eigenvalue weighted by Crippen LogP contribution is 2.20. The van der Waals surface area contributed by atoms with Gasteiger partial charge in [0.15, 0.2) is 5.78 Å². The van der Waals surface area contributed by atoms with Crippen LogP contribution in [0.25, 0.3) is 0 Å². The number of hydrogen-bond donors (Lipinski definition) is 1. The van der Waals surface area contributed by atoms with Crippen LogP contribution in [0, 0.1) is 19.7 Å². The molecule has 166 valence electrons. The lowest BCUT2D eigenvalue weighted by Crippen LogP contribution is -2.50. The number of rotatable bonds is 8. The topological polar surface area (TPSA) is 57.6 Å². The fourth-order valence-electron chi connectivity index (χ4n) is 4.20. The number of halogens is 1. The molecule has 0 spiro atoms. The molecule has 31 heavy (non-hydrogen) atoms. The first-order chi connectivity index (χ1) is 14.9. The molecule has 1 saturated carbocycles. The average Bonchev–Trinajstić information content (AvgIpc) is 3.51. The molecule has 0 bridgehead atoms. The molecule has 0 atom stereocenters. The molecule has 1 aromatic heterocycles. The number of ketones is 1. The Morgan fingerprint density at radius 2 is 1.61 bits per heavy atom. The van der Waals surface area contributed by atoms with Gasteiger partial charge in [-0.2, -0.15) is 0 Å². The van der Waals surface area contributed by atoms with E-state index in [0.29, 0.717) is 25.7 Å². The van der Waals surface area contributed by atoms with Crippen molar-refractivity contribution in [3.05, 3.63) is 58.7 Å². The predicted octanol–water partition coefficient (Wildman–Crippen LogP) is 2.37. The highest BCUT2D eigenvalue weighted by Gasteiger charge is 2.26. The van der Waals surface area contributed by atoms with Crippen molar-refractivity contribution in [1.29, 1.82) is 0 Å². The number of benzene rings is 1. The van der Waals surface area contributed by atoms with Crippen LogP contribution in [0.15, 0.2) is 30.3 Å². The maximum atomic E-state index is 13.2. The Hall–Kier alpha value is -2.51. The minimum atomic E-state index is -0.246. The Labute approximate surface area is 183 Å². The lowest BCUT2D eigenvalue weighted by Gasteiger charge is -2.33. The summed E-state index contributed by atoms with van der Waals surface area (Å²) in [5, 5.41) is 3.03. The SMILES string of the molecule is Cc1cc(C(=O)CN2CCN(CC(=O)NC3CC3)CC2)c(C)n1Cc1ccc(F)cc1. The Morgan fingerprint density at radius 1 is 1.00 bits per heavy atom. The first-order valence-corrected chi connectivity index (χ1v) is 11.1. The number of Topliss-reactive ketones (excluding diaryl/α,β-unsaturated/α-hetero) is 1. The molecule has 1 N–H and O–H groups in total. The van der Waals surface area contributed by atoms with E-state index in [1.54, 1.807) is 12.1 Å². The molecule has 1 amide bonds. The van der Waals surface area contributed by atoms with E-state index < -0.39 is 0 Å². The van der Waals surface area contributed by atoms with Crippen LogP contribution in [0.1, 0.15) is 40.2 Å². The van der Waals surface area contributed by atoms with E-state index in [2.05, 4.69) is 19.7 Å². The molecule has 1 aliphatic carbocycles. The second-order valence-electron chi connectivity index (χ2n) is 8.81. The van der Waals surface area contributed by atoms with E-state index in [4.69, 9.17) is 0 Å². The maximum Gasteiger partial charge on any atom is 0.234 e. The van der Waals surface area contributed by atoms with E-state index in [9.17, 15) is 14.0 Å². The van der Waals surface area contributed by atoms with Gasteiger partial charge in [0.25, 0.3) is 0 Å². The third kappa shape index (κ3) is 5.60. The van der Waals surface area contributed by atoms with E-state index in [1.807, 2.05) is 19.9 Å². The summed E-state index contributed by atoms with van der Waals surface area (Å²) >= 11 is 0. The Bertz CT molecular complexity index is 941. The van der Waals surface area contributed by atoms with Crippen LogP contribution in [0.5, 0.6) is 0 Å². The number of nitrogens with one attached hydrogen (secondary N) is 1. The predicted molar refractivity (Wildman–Crippen MR) is 118 cm³/mol. The highest BCUT2D eigenvalue weighted by molar-refractivity contribution is 5.99. The van der Waals surface area contributed by atoms with Gasteiger partial charge in [-0.3, -0.25) is 19.4 Å². The molecule has 2 fully saturated rings. The molecule has 4 rings (SSSR count). The molecule has 1 aliphatic heterocycles. The van der Waals surface area contributed by atoms with Gasteiger partial charge in [0.2, 0.25) is 5.91 Å². The van der Waals surface area contributed by atoms with Crippen LogP contribution in [0.3, 0.4) is 0 Å². The summed E-state index contributed by atoms with van der Waals surface area (Å²) in [4.78, 5) is 29.3. The highest BCUT2D eigenvalue weighted by atomic mass is 19.1. The van der Waals surface area contributed by atoms with Crippen molar-refractivity contribution in [2.75, 3.05) is 39.3 Å². The van der Waals surface area contributed by atoms with E-state index >= 15 is 0 Å². The smallest absolute Gasteiger partial charge is 0.234 e. The zero-order valence-electron chi connectivity index (χ0n) is 18.4. The number of carbonyl (C=O) groups excluding carboxylic acids is 2. The van der Waals surface area contributed by atoms with Crippen molar-refractivity contribution >= 4 is 11.7 Å². The summed E-state index contributed by atoms with van der Waals surface area (Å²) in [6.45, 7) is 8.61. The zero-order chi connectivity index (χ0) is 22.0. The minimum Gasteiger partial charge on any atom is -0.352 e. The number of hydrogen-bond acceptors (Lipinski definition) is 4. The molecule has 1 saturated heterocycles. The molecular formula is C24H31FN4O2. The van der Waals surface area contributed by atoms with Gasteiger partial charge in [-0.05, 0) is 50.5 Å². The lowest BCUT2D eigenvalue weighted by molar-refractivity contribution is -0.122. The maximum absolute atomic E-state index is 13.2. The standard InChI is InChI=1S/C24H31FN4O2/c1-17-13-22(18(2)29(17)14-19-3-5-20(25)6-4-19)23(30)15-27-9-11-28(12-10-27)16-24(31)26-21-7-8-21/h3-6,13,21H,7-12,14-16H2,1-2H3,(H,26,31). The summed E-state index contributed by atoms with van der Waals surface area (Å²) in [6, 6.07) is 8.84. The molecule has 0 unspecified atom stereocenters. The third-order valence-corrected chi connectivity index (χ3v) is 6.27. The van der Waals surface area contributed by atoms with E-state index in [0.717, 1.165) is 61.5 Å². The second-order valence-corrected chi connectivity index (χ2v) is 8.81. The quantitative estimate of drug-likeness (QED) is 0.659. The minimum absolute atomic E-state index is 0.112. The summed E-state index contributed by atoms with van der Waals surface area (Å²) in [7, 11) is 0. The normalized spacial score (nSPS) is 17.6. The van der Waals surface area contributed by atoms with E-state index in [-0.39, 0.29) is 17.5 Å². The Balaban J connectivity index is 1.30. The molecule has 2 aromatic rings. The Kier molecular flexibility index (Phi) is 6.53. The molecule has 6 nitrogen and oxygen atoms in total. The monoisotopic (exact) mass is 426 g/mol. The van der Waals surface area contributed by atoms with Crippen LogP contribution >= 0.6 is 0 Å². The van der Waals surface area contributed by atoms with Crippen molar-refractivity contribution in [3.63, 3.8) is 0 Å². The van der Waals surface area contributed by atoms with Gasteiger partial charge < -0.3 is 9.88 Å². The van der Waals surface area contributed by atoms with Crippen molar-refractivity contribution < 1.29 is 14.0 Å². The number of carbonyl (C=O) groups is 2. The average molecular weight is 427 g/mol. The van der Waals surface area contributed by atoms with Crippen LogP contribution in [0.4, 0.5) is 4.39 Å². The number of amides is 1. The summed E-state index contributed by atoms with van der Waals surface area (Å²) in [5.74, 6) is -0.0109. The largest absolute Gasteiger partial charge is 0.352 e. The summed E-state index contributed by atoms with van der Waals surface area (Å²) < 4.78 is 15.3. The van der Waals surface area contributed by atoms with Gasteiger partial charge in [0, 0.05) is 55.7 Å². The lowest BCUT2D eigenvalue weighted by atomic mass is 10.1. The zero-order valence-corrected chi connectivity index (χ0v) is 18.4. The molecule has 0 radical (unpaired) electrons. The first kappa shape index (κ1) is 21.7. The fourth-order valence-corrected chi connectivity index (χ4v) is 4.20. The summed E-state index contributed by atoms with van der Waals surface area (Å²) in [6.07, 6.45) is 2.21. The van der Waals surface area contributed by atoms with Crippen LogP contribution < -0.4 is 5.32 Å². The number of piperazine rings is 1. The van der Waals surface area contributed by atoms with Crippen molar-refractivity contribution in [2.45, 2.75) is 39.3 Å². The van der Waals surface area contributed by atoms with Crippen molar-refractivity contribution in [2.24, 2.45) is 0 Å². The van der Waals surface area contributed by atoms with Crippen molar-refractivity contribution in [1.82, 2.24) is 19.7 Å². The summed E-state index contributed by atoms with van der Waals surface area (Å²) in [5.41, 5.74) is 3.73. The Morgan fingerprint density at radius 3 is 2.23 bits per heavy atom. The van der Waals surface area contributed by atoms with E-state index in [1.165, 1.54) is 12.1 Å². The molecule has 2 aliphatic rings. The van der Waals surface area contributed by atoms with Gasteiger partial charge in [-0.25, -0.2) is 4.39 Å². The first-order valence-electron chi connectivity index (χ1n) is 11.1. The van der Waals surface area contributed by atoms with Crippen LogP contribution in [-0.4, -0.2) is 71.4 Å². The van der Waals surface area contributed by atoms with Crippen LogP contribution in [-0.2, 0) is 11.3 Å². The van der Waals surface area contributed by atoms with Crippen LogP contribution in [0.2, 0.25) is 0 Å². The molecule has 2 heterocycles. The number of nitrogens with zero attached hydrogens (tertiary/aromatic N) is 3. The molecule has 7 heteroatoms. The van der Waals surface area contributed by atoms with Gasteiger partial charge >= 0.3 is 0 Å². The number of aryl methyl sites for hydroxylation is 1. The second kappa shape index (κ2) is 9.32. The third-order valence-electron chi connectivity index (χ3n) is 6.27. The van der Waals surface area contributed by atoms with Crippen molar-refractivity contribution in [3.8, 4) is 0 Å². The number of aromatic nitrogens is 1. The van der Waals surface area contributed by atoms with Gasteiger partial charge in [0.05, 0.1) is 13.1 Å². The van der Waals surface area contributed by atoms with Gasteiger partial charge in [-0.1, -0.05) is 12.1 Å². The molecular weight excluding hydrogens is 395 g/mol. The fraction of sp³-hybridized carbons (Fsp3) is 0.500. The van der Waals surface area contributed by atoms with Gasteiger partial charge in [-0.15, -0.1) is 0 Å². The van der Waals surface area contributed by atoms with Gasteiger partial charge in [0.1, 0.15) is 5.82 Å². The molecule has 1 aromatic carbocycles.